The summed E-state index contributed by atoms with van der Waals surface area (Å²) in [6.07, 6.45) is 0. The standard InChI is InChI=1S/C19H19BrN4O/c1-11-14-9-12(5-8-16(14)25-22-11)13-6-7-15-18(17(13)20)21-23-24(15)10-19(2,3)4/h5-9H,10H2,1-4H3. The molecule has 0 aliphatic heterocycles. The van der Waals surface area contributed by atoms with Crippen molar-refractivity contribution in [1.82, 2.24) is 20.2 Å². The van der Waals surface area contributed by atoms with Crippen molar-refractivity contribution in [3.63, 3.8) is 0 Å². The lowest BCUT2D eigenvalue weighted by Crippen LogP contribution is -2.16. The number of hydrogen-bond donors (Lipinski definition) is 0. The van der Waals surface area contributed by atoms with E-state index in [1.807, 2.05) is 23.7 Å². The van der Waals surface area contributed by atoms with E-state index in [1.54, 1.807) is 0 Å². The van der Waals surface area contributed by atoms with E-state index in [0.29, 0.717) is 0 Å². The predicted octanol–water partition coefficient (Wildman–Crippen LogP) is 5.36. The first kappa shape index (κ1) is 16.3. The van der Waals surface area contributed by atoms with Crippen molar-refractivity contribution in [3.05, 3.63) is 40.5 Å². The maximum atomic E-state index is 5.30. The van der Waals surface area contributed by atoms with Gasteiger partial charge in [-0.2, -0.15) is 0 Å². The van der Waals surface area contributed by atoms with Crippen LogP contribution in [0.5, 0.6) is 0 Å². The molecule has 0 radical (unpaired) electrons. The number of fused-ring (bicyclic) bond motifs is 2. The molecule has 0 spiro atoms. The Hall–Kier alpha value is -2.21. The summed E-state index contributed by atoms with van der Waals surface area (Å²) in [6.45, 7) is 9.36. The van der Waals surface area contributed by atoms with Gasteiger partial charge < -0.3 is 4.52 Å². The summed E-state index contributed by atoms with van der Waals surface area (Å²) < 4.78 is 8.23. The summed E-state index contributed by atoms with van der Waals surface area (Å²) in [5, 5.41) is 13.8. The van der Waals surface area contributed by atoms with Crippen LogP contribution in [0.2, 0.25) is 0 Å². The van der Waals surface area contributed by atoms with E-state index in [4.69, 9.17) is 4.52 Å². The molecule has 0 saturated heterocycles. The van der Waals surface area contributed by atoms with Gasteiger partial charge in [0.15, 0.2) is 5.58 Å². The molecule has 0 amide bonds. The highest BCUT2D eigenvalue weighted by atomic mass is 79.9. The van der Waals surface area contributed by atoms with Gasteiger partial charge in [-0.15, -0.1) is 5.10 Å². The smallest absolute Gasteiger partial charge is 0.167 e. The second-order valence-electron chi connectivity index (χ2n) is 7.58. The third-order valence-electron chi connectivity index (χ3n) is 4.21. The first-order valence-electron chi connectivity index (χ1n) is 8.21. The van der Waals surface area contributed by atoms with Gasteiger partial charge in [0.25, 0.3) is 0 Å². The van der Waals surface area contributed by atoms with Crippen LogP contribution in [-0.4, -0.2) is 20.2 Å². The summed E-state index contributed by atoms with van der Waals surface area (Å²) in [6, 6.07) is 10.3. The van der Waals surface area contributed by atoms with Crippen molar-refractivity contribution < 1.29 is 4.52 Å². The molecule has 2 aromatic carbocycles. The first-order valence-corrected chi connectivity index (χ1v) is 9.01. The summed E-state index contributed by atoms with van der Waals surface area (Å²) >= 11 is 3.73. The van der Waals surface area contributed by atoms with E-state index in [1.165, 1.54) is 0 Å². The van der Waals surface area contributed by atoms with Crippen molar-refractivity contribution in [3.8, 4) is 11.1 Å². The van der Waals surface area contributed by atoms with Gasteiger partial charge in [-0.1, -0.05) is 43.3 Å². The number of benzene rings is 2. The molecule has 4 aromatic rings. The molecule has 0 fully saturated rings. The number of rotatable bonds is 2. The fraction of sp³-hybridized carbons (Fsp3) is 0.316. The molecule has 2 aromatic heterocycles. The number of aromatic nitrogens is 4. The van der Waals surface area contributed by atoms with Gasteiger partial charge in [0.05, 0.1) is 15.7 Å². The van der Waals surface area contributed by atoms with E-state index < -0.39 is 0 Å². The predicted molar refractivity (Wildman–Crippen MR) is 102 cm³/mol. The zero-order valence-corrected chi connectivity index (χ0v) is 16.3. The number of aryl methyl sites for hydroxylation is 1. The van der Waals surface area contributed by atoms with Crippen molar-refractivity contribution in [2.45, 2.75) is 34.2 Å². The Morgan fingerprint density at radius 2 is 1.96 bits per heavy atom. The minimum Gasteiger partial charge on any atom is -0.356 e. The Balaban J connectivity index is 1.85. The molecule has 5 nitrogen and oxygen atoms in total. The van der Waals surface area contributed by atoms with Crippen LogP contribution in [0.3, 0.4) is 0 Å². The Kier molecular flexibility index (Phi) is 3.68. The lowest BCUT2D eigenvalue weighted by molar-refractivity contribution is 0.327. The topological polar surface area (TPSA) is 56.7 Å². The third-order valence-corrected chi connectivity index (χ3v) is 5.01. The van der Waals surface area contributed by atoms with E-state index in [2.05, 4.69) is 70.4 Å². The molecular formula is C19H19BrN4O. The van der Waals surface area contributed by atoms with Crippen LogP contribution in [0, 0.1) is 12.3 Å². The van der Waals surface area contributed by atoms with Gasteiger partial charge in [0, 0.05) is 11.9 Å². The van der Waals surface area contributed by atoms with Gasteiger partial charge in [0.1, 0.15) is 5.52 Å². The minimum atomic E-state index is 0.141. The molecule has 0 bridgehead atoms. The molecule has 0 unspecified atom stereocenters. The summed E-state index contributed by atoms with van der Waals surface area (Å²) in [7, 11) is 0. The molecule has 0 N–H and O–H groups in total. The first-order chi connectivity index (χ1) is 11.8. The van der Waals surface area contributed by atoms with Crippen LogP contribution >= 0.6 is 15.9 Å². The van der Waals surface area contributed by atoms with Crippen LogP contribution in [0.4, 0.5) is 0 Å². The molecule has 25 heavy (non-hydrogen) atoms. The largest absolute Gasteiger partial charge is 0.356 e. The Bertz CT molecular complexity index is 1090. The highest BCUT2D eigenvalue weighted by Gasteiger charge is 2.18. The van der Waals surface area contributed by atoms with Gasteiger partial charge in [0.2, 0.25) is 0 Å². The van der Waals surface area contributed by atoms with E-state index in [-0.39, 0.29) is 5.41 Å². The fourth-order valence-corrected chi connectivity index (χ4v) is 3.66. The molecule has 0 atom stereocenters. The van der Waals surface area contributed by atoms with Crippen molar-refractivity contribution in [2.24, 2.45) is 5.41 Å². The third kappa shape index (κ3) is 2.84. The van der Waals surface area contributed by atoms with Crippen LogP contribution < -0.4 is 0 Å². The van der Waals surface area contributed by atoms with Crippen molar-refractivity contribution >= 4 is 37.9 Å². The summed E-state index contributed by atoms with van der Waals surface area (Å²) in [4.78, 5) is 0. The Labute approximate surface area is 154 Å². The highest BCUT2D eigenvalue weighted by molar-refractivity contribution is 9.10. The maximum absolute atomic E-state index is 5.30. The molecule has 0 aliphatic rings. The summed E-state index contributed by atoms with van der Waals surface area (Å²) in [5.41, 5.74) is 5.93. The fourth-order valence-electron chi connectivity index (χ4n) is 3.02. The quantitative estimate of drug-likeness (QED) is 0.456. The van der Waals surface area contributed by atoms with Crippen LogP contribution in [0.25, 0.3) is 33.1 Å². The normalized spacial score (nSPS) is 12.4. The van der Waals surface area contributed by atoms with Gasteiger partial charge in [-0.3, -0.25) is 0 Å². The summed E-state index contributed by atoms with van der Waals surface area (Å²) in [5.74, 6) is 0. The van der Waals surface area contributed by atoms with Gasteiger partial charge in [-0.25, -0.2) is 4.68 Å². The van der Waals surface area contributed by atoms with E-state index in [9.17, 15) is 0 Å². The lowest BCUT2D eigenvalue weighted by atomic mass is 9.97. The molecule has 0 saturated carbocycles. The SMILES string of the molecule is Cc1noc2ccc(-c3ccc4c(nnn4CC(C)(C)C)c3Br)cc12. The molecule has 4 rings (SSSR count). The maximum Gasteiger partial charge on any atom is 0.167 e. The monoisotopic (exact) mass is 398 g/mol. The van der Waals surface area contributed by atoms with Crippen LogP contribution in [0.1, 0.15) is 26.5 Å². The second kappa shape index (κ2) is 5.66. The molecular weight excluding hydrogens is 380 g/mol. The van der Waals surface area contributed by atoms with Crippen molar-refractivity contribution in [2.75, 3.05) is 0 Å². The average Bonchev–Trinajstić information content (AvgIpc) is 3.11. The minimum absolute atomic E-state index is 0.141. The zero-order chi connectivity index (χ0) is 17.8. The average molecular weight is 399 g/mol. The zero-order valence-electron chi connectivity index (χ0n) is 14.7. The van der Waals surface area contributed by atoms with E-state index in [0.717, 1.165) is 49.8 Å². The second-order valence-corrected chi connectivity index (χ2v) is 8.37. The molecule has 128 valence electrons. The van der Waals surface area contributed by atoms with Crippen molar-refractivity contribution in [1.29, 1.82) is 0 Å². The van der Waals surface area contributed by atoms with Crippen LogP contribution in [-0.2, 0) is 6.54 Å². The van der Waals surface area contributed by atoms with E-state index >= 15 is 0 Å². The lowest BCUT2D eigenvalue weighted by Gasteiger charge is -2.18. The number of nitrogens with zero attached hydrogens (tertiary/aromatic N) is 4. The Morgan fingerprint density at radius 3 is 2.72 bits per heavy atom. The Morgan fingerprint density at radius 1 is 1.16 bits per heavy atom. The number of halogens is 1. The van der Waals surface area contributed by atoms with Crippen LogP contribution in [0.15, 0.2) is 39.3 Å². The van der Waals surface area contributed by atoms with Gasteiger partial charge in [-0.05, 0) is 57.6 Å². The van der Waals surface area contributed by atoms with Gasteiger partial charge >= 0.3 is 0 Å². The number of hydrogen-bond acceptors (Lipinski definition) is 4. The highest BCUT2D eigenvalue weighted by Crippen LogP contribution is 2.35. The molecule has 6 heteroatoms. The molecule has 2 heterocycles. The molecule has 0 aliphatic carbocycles.